The molecule has 22 heavy (non-hydrogen) atoms. The van der Waals surface area contributed by atoms with Gasteiger partial charge in [0.05, 0.1) is 10.9 Å². The third-order valence-electron chi connectivity index (χ3n) is 3.36. The van der Waals surface area contributed by atoms with Crippen molar-refractivity contribution in [1.29, 1.82) is 0 Å². The maximum atomic E-state index is 12.6. The van der Waals surface area contributed by atoms with Crippen LogP contribution >= 0.6 is 11.8 Å². The zero-order valence-corrected chi connectivity index (χ0v) is 14.2. The van der Waals surface area contributed by atoms with Gasteiger partial charge in [0.1, 0.15) is 5.03 Å². The highest BCUT2D eigenvalue weighted by Crippen LogP contribution is 2.38. The number of carbonyl (C=O) groups excluding carboxylic acids is 2. The van der Waals surface area contributed by atoms with Crippen LogP contribution in [0.3, 0.4) is 0 Å². The van der Waals surface area contributed by atoms with Gasteiger partial charge >= 0.3 is 0 Å². The second-order valence-corrected chi connectivity index (χ2v) is 7.02. The number of pyridine rings is 1. The number of amides is 2. The van der Waals surface area contributed by atoms with Gasteiger partial charge < -0.3 is 10.2 Å². The van der Waals surface area contributed by atoms with Crippen LogP contribution in [-0.2, 0) is 9.59 Å². The molecule has 1 aliphatic heterocycles. The Kier molecular flexibility index (Phi) is 5.83. The fraction of sp³-hybridized carbons (Fsp3) is 0.562. The molecule has 0 saturated heterocycles. The van der Waals surface area contributed by atoms with Gasteiger partial charge in [-0.3, -0.25) is 9.59 Å². The maximum Gasteiger partial charge on any atom is 0.241 e. The minimum Gasteiger partial charge on any atom is -0.356 e. The lowest BCUT2D eigenvalue weighted by atomic mass is 10.2. The van der Waals surface area contributed by atoms with Crippen molar-refractivity contribution in [3.8, 4) is 0 Å². The molecular formula is C16H23N3O2S. The molecule has 1 aliphatic rings. The summed E-state index contributed by atoms with van der Waals surface area (Å²) in [5, 5.41) is 3.32. The van der Waals surface area contributed by atoms with Gasteiger partial charge in [-0.25, -0.2) is 4.98 Å². The Hall–Kier alpha value is -1.56. The highest BCUT2D eigenvalue weighted by atomic mass is 32.2. The number of rotatable bonds is 6. The normalized spacial score (nSPS) is 17.5. The monoisotopic (exact) mass is 321 g/mol. The van der Waals surface area contributed by atoms with E-state index in [1.54, 1.807) is 11.1 Å². The van der Waals surface area contributed by atoms with E-state index >= 15 is 0 Å². The molecule has 0 saturated carbocycles. The number of nitrogens with zero attached hydrogens (tertiary/aromatic N) is 2. The van der Waals surface area contributed by atoms with E-state index in [-0.39, 0.29) is 23.5 Å². The van der Waals surface area contributed by atoms with Crippen LogP contribution in [0, 0.1) is 5.92 Å². The first-order valence-electron chi connectivity index (χ1n) is 7.72. The highest BCUT2D eigenvalue weighted by molar-refractivity contribution is 8.00. The van der Waals surface area contributed by atoms with Crippen molar-refractivity contribution in [2.45, 2.75) is 43.9 Å². The Morgan fingerprint density at radius 1 is 1.50 bits per heavy atom. The smallest absolute Gasteiger partial charge is 0.241 e. The van der Waals surface area contributed by atoms with E-state index < -0.39 is 0 Å². The van der Waals surface area contributed by atoms with Crippen LogP contribution in [0.2, 0.25) is 0 Å². The summed E-state index contributed by atoms with van der Waals surface area (Å²) in [5.41, 5.74) is 0.859. The first-order chi connectivity index (χ1) is 10.5. The molecule has 0 fully saturated rings. The average molecular weight is 321 g/mol. The van der Waals surface area contributed by atoms with Gasteiger partial charge in [-0.05, 0) is 24.5 Å². The lowest BCUT2D eigenvalue weighted by Crippen LogP contribution is -2.44. The van der Waals surface area contributed by atoms with Gasteiger partial charge in [0.2, 0.25) is 11.8 Å². The van der Waals surface area contributed by atoms with Crippen molar-refractivity contribution >= 4 is 29.3 Å². The second-order valence-electron chi connectivity index (χ2n) is 5.83. The molecule has 2 amide bonds. The van der Waals surface area contributed by atoms with Gasteiger partial charge in [-0.15, -0.1) is 0 Å². The molecule has 1 atom stereocenters. The molecule has 0 aliphatic carbocycles. The van der Waals surface area contributed by atoms with Crippen LogP contribution < -0.4 is 10.2 Å². The Morgan fingerprint density at radius 2 is 2.27 bits per heavy atom. The summed E-state index contributed by atoms with van der Waals surface area (Å²) < 4.78 is 0. The van der Waals surface area contributed by atoms with Gasteiger partial charge in [0.25, 0.3) is 0 Å². The first-order valence-corrected chi connectivity index (χ1v) is 8.60. The van der Waals surface area contributed by atoms with Gasteiger partial charge in [-0.2, -0.15) is 0 Å². The Balaban J connectivity index is 2.10. The SMILES string of the molecule is CCCN1C(=O)C(CC(=O)NCC(C)C)Sc2ncccc21. The van der Waals surface area contributed by atoms with Crippen LogP contribution in [0.15, 0.2) is 23.4 Å². The molecule has 6 heteroatoms. The van der Waals surface area contributed by atoms with Crippen LogP contribution in [0.25, 0.3) is 0 Å². The zero-order valence-electron chi connectivity index (χ0n) is 13.3. The van der Waals surface area contributed by atoms with Crippen LogP contribution in [0.4, 0.5) is 5.69 Å². The summed E-state index contributed by atoms with van der Waals surface area (Å²) in [6.07, 6.45) is 2.80. The summed E-state index contributed by atoms with van der Waals surface area (Å²) in [4.78, 5) is 30.8. The molecule has 1 N–H and O–H groups in total. The molecule has 1 aromatic heterocycles. The van der Waals surface area contributed by atoms with Crippen molar-refractivity contribution < 1.29 is 9.59 Å². The average Bonchev–Trinajstić information content (AvgIpc) is 2.49. The molecule has 0 spiro atoms. The molecule has 1 aromatic rings. The fourth-order valence-corrected chi connectivity index (χ4v) is 3.45. The molecule has 0 aromatic carbocycles. The topological polar surface area (TPSA) is 62.3 Å². The molecule has 2 rings (SSSR count). The third kappa shape index (κ3) is 4.00. The maximum absolute atomic E-state index is 12.6. The number of thioether (sulfide) groups is 1. The molecule has 0 bridgehead atoms. The lowest BCUT2D eigenvalue weighted by Gasteiger charge is -2.32. The van der Waals surface area contributed by atoms with Crippen molar-refractivity contribution in [3.63, 3.8) is 0 Å². The van der Waals surface area contributed by atoms with Crippen LogP contribution in [0.5, 0.6) is 0 Å². The van der Waals surface area contributed by atoms with E-state index in [0.29, 0.717) is 19.0 Å². The Bertz CT molecular complexity index is 548. The van der Waals surface area contributed by atoms with E-state index in [2.05, 4.69) is 10.3 Å². The predicted molar refractivity (Wildman–Crippen MR) is 89.0 cm³/mol. The fourth-order valence-electron chi connectivity index (χ4n) is 2.30. The number of nitrogens with one attached hydrogen (secondary N) is 1. The number of carbonyl (C=O) groups is 2. The Labute approximate surface area is 135 Å². The Morgan fingerprint density at radius 3 is 2.95 bits per heavy atom. The number of fused-ring (bicyclic) bond motifs is 1. The number of hydrogen-bond donors (Lipinski definition) is 1. The van der Waals surface area contributed by atoms with Crippen molar-refractivity contribution in [2.75, 3.05) is 18.0 Å². The zero-order chi connectivity index (χ0) is 16.1. The second kappa shape index (κ2) is 7.63. The van der Waals surface area contributed by atoms with Gasteiger partial charge in [0, 0.05) is 25.7 Å². The van der Waals surface area contributed by atoms with Gasteiger partial charge in [0.15, 0.2) is 0 Å². The predicted octanol–water partition coefficient (Wildman–Crippen LogP) is 2.46. The van der Waals surface area contributed by atoms with Crippen LogP contribution in [0.1, 0.15) is 33.6 Å². The highest BCUT2D eigenvalue weighted by Gasteiger charge is 2.35. The first kappa shape index (κ1) is 16.8. The third-order valence-corrected chi connectivity index (χ3v) is 4.55. The molecule has 5 nitrogen and oxygen atoms in total. The molecule has 2 heterocycles. The minimum atomic E-state index is -0.388. The number of anilines is 1. The quantitative estimate of drug-likeness (QED) is 0.874. The van der Waals surface area contributed by atoms with Gasteiger partial charge in [-0.1, -0.05) is 32.5 Å². The molecule has 0 radical (unpaired) electrons. The van der Waals surface area contributed by atoms with E-state index in [1.165, 1.54) is 11.8 Å². The standard InChI is InChI=1S/C16H23N3O2S/c1-4-8-19-12-6-5-7-17-15(12)22-13(16(19)21)9-14(20)18-10-11(2)3/h5-7,11,13H,4,8-10H2,1-3H3,(H,18,20). The summed E-state index contributed by atoms with van der Waals surface area (Å²) in [5.74, 6) is 0.333. The minimum absolute atomic E-state index is 0.00652. The number of aromatic nitrogens is 1. The summed E-state index contributed by atoms with van der Waals surface area (Å²) in [6, 6.07) is 3.75. The van der Waals surface area contributed by atoms with E-state index in [1.807, 2.05) is 32.9 Å². The van der Waals surface area contributed by atoms with Crippen molar-refractivity contribution in [3.05, 3.63) is 18.3 Å². The van der Waals surface area contributed by atoms with Crippen molar-refractivity contribution in [1.82, 2.24) is 10.3 Å². The van der Waals surface area contributed by atoms with Crippen molar-refractivity contribution in [2.24, 2.45) is 5.92 Å². The lowest BCUT2D eigenvalue weighted by molar-refractivity contribution is -0.125. The summed E-state index contributed by atoms with van der Waals surface area (Å²) >= 11 is 1.39. The largest absolute Gasteiger partial charge is 0.356 e. The van der Waals surface area contributed by atoms with Crippen LogP contribution in [-0.4, -0.2) is 35.1 Å². The molecule has 120 valence electrons. The summed E-state index contributed by atoms with van der Waals surface area (Å²) in [6.45, 7) is 7.42. The van der Waals surface area contributed by atoms with E-state index in [9.17, 15) is 9.59 Å². The molecule has 1 unspecified atom stereocenters. The van der Waals surface area contributed by atoms with E-state index in [4.69, 9.17) is 0 Å². The number of hydrogen-bond acceptors (Lipinski definition) is 4. The molecular weight excluding hydrogens is 298 g/mol. The van der Waals surface area contributed by atoms with E-state index in [0.717, 1.165) is 17.1 Å². The summed E-state index contributed by atoms with van der Waals surface area (Å²) in [7, 11) is 0.